The minimum Gasteiger partial charge on any atom is -0.387 e. The van der Waals surface area contributed by atoms with Crippen LogP contribution < -0.4 is 0 Å². The molecule has 8 nitrogen and oxygen atoms in total. The zero-order valence-corrected chi connectivity index (χ0v) is 21.9. The molecule has 0 unspecified atom stereocenters. The molecule has 4 rings (SSSR count). The van der Waals surface area contributed by atoms with Gasteiger partial charge >= 0.3 is 0 Å². The van der Waals surface area contributed by atoms with E-state index in [4.69, 9.17) is 18.9 Å². The van der Waals surface area contributed by atoms with Gasteiger partial charge in [-0.15, -0.1) is 0 Å². The molecule has 0 spiro atoms. The smallest absolute Gasteiger partial charge is 0.254 e. The first kappa shape index (κ1) is 28.6. The Labute approximate surface area is 229 Å². The van der Waals surface area contributed by atoms with Crippen LogP contribution in [0.3, 0.4) is 0 Å². The van der Waals surface area contributed by atoms with Crippen LogP contribution in [0.2, 0.25) is 0 Å². The molecule has 0 radical (unpaired) electrons. The van der Waals surface area contributed by atoms with Crippen LogP contribution in [0.25, 0.3) is 0 Å². The third-order valence-corrected chi connectivity index (χ3v) is 6.40. The summed E-state index contributed by atoms with van der Waals surface area (Å²) >= 11 is 0. The van der Waals surface area contributed by atoms with Gasteiger partial charge in [-0.3, -0.25) is 9.59 Å². The van der Waals surface area contributed by atoms with Crippen LogP contribution in [0.4, 0.5) is 0 Å². The number of amides is 1. The molecule has 0 aliphatic carbocycles. The Hall–Kier alpha value is -3.40. The van der Waals surface area contributed by atoms with Gasteiger partial charge in [0.2, 0.25) is 0 Å². The Balaban J connectivity index is 1.51. The first-order valence-electron chi connectivity index (χ1n) is 13.1. The van der Waals surface area contributed by atoms with E-state index in [0.29, 0.717) is 26.3 Å². The fourth-order valence-corrected chi connectivity index (χ4v) is 4.27. The van der Waals surface area contributed by atoms with E-state index in [1.807, 2.05) is 91.0 Å². The third kappa shape index (κ3) is 8.81. The van der Waals surface area contributed by atoms with Gasteiger partial charge in [0.15, 0.2) is 11.9 Å². The zero-order chi connectivity index (χ0) is 27.3. The van der Waals surface area contributed by atoms with Crippen molar-refractivity contribution in [2.45, 2.75) is 38.1 Å². The van der Waals surface area contributed by atoms with Crippen molar-refractivity contribution in [3.8, 4) is 0 Å². The fraction of sp³-hybridized carbons (Fsp3) is 0.355. The van der Waals surface area contributed by atoms with Gasteiger partial charge in [0.1, 0.15) is 18.8 Å². The van der Waals surface area contributed by atoms with Gasteiger partial charge in [0.05, 0.1) is 33.0 Å². The molecule has 8 heteroatoms. The Morgan fingerprint density at radius 2 is 1.18 bits per heavy atom. The number of benzene rings is 3. The molecule has 0 bridgehead atoms. The van der Waals surface area contributed by atoms with Crippen LogP contribution >= 0.6 is 0 Å². The highest BCUT2D eigenvalue weighted by Crippen LogP contribution is 2.18. The summed E-state index contributed by atoms with van der Waals surface area (Å²) < 4.78 is 23.0. The number of hydrogen-bond acceptors (Lipinski definition) is 7. The van der Waals surface area contributed by atoms with Crippen LogP contribution in [-0.2, 0) is 48.4 Å². The molecule has 3 atom stereocenters. The molecule has 3 aromatic carbocycles. The number of ketones is 1. The van der Waals surface area contributed by atoms with Crippen molar-refractivity contribution in [3.05, 3.63) is 108 Å². The molecular formula is C31H35NO7. The van der Waals surface area contributed by atoms with Gasteiger partial charge in [-0.2, -0.15) is 0 Å². The maximum Gasteiger partial charge on any atom is 0.254 e. The van der Waals surface area contributed by atoms with Crippen LogP contribution in [0.5, 0.6) is 0 Å². The molecular weight excluding hydrogens is 498 g/mol. The van der Waals surface area contributed by atoms with E-state index in [1.165, 1.54) is 0 Å². The summed E-state index contributed by atoms with van der Waals surface area (Å²) in [5.41, 5.74) is 2.58. The number of nitrogens with zero attached hydrogens (tertiary/aromatic N) is 1. The summed E-state index contributed by atoms with van der Waals surface area (Å²) in [4.78, 5) is 28.5. The van der Waals surface area contributed by atoms with Gasteiger partial charge < -0.3 is 29.0 Å². The molecule has 0 aromatic heterocycles. The number of aliphatic hydroxyl groups is 1. The predicted octanol–water partition coefficient (Wildman–Crippen LogP) is 3.16. The summed E-state index contributed by atoms with van der Waals surface area (Å²) in [7, 11) is 0. The molecule has 1 heterocycles. The lowest BCUT2D eigenvalue weighted by Crippen LogP contribution is -2.55. The quantitative estimate of drug-likeness (QED) is 0.340. The number of hydrogen-bond donors (Lipinski definition) is 1. The Morgan fingerprint density at radius 3 is 1.69 bits per heavy atom. The molecule has 1 fully saturated rings. The highest BCUT2D eigenvalue weighted by Gasteiger charge is 2.40. The Morgan fingerprint density at radius 1 is 0.718 bits per heavy atom. The number of carbonyl (C=O) groups excluding carboxylic acids is 2. The topological polar surface area (TPSA) is 94.5 Å². The molecule has 0 saturated carbocycles. The SMILES string of the molecule is O=C(COCc1ccccc1)[C@@H](OCc1ccccc1)[C@H](O)[C@@H](OCc1ccccc1)C(=O)N1CCOCC1. The molecule has 3 aromatic rings. The monoisotopic (exact) mass is 533 g/mol. The molecule has 39 heavy (non-hydrogen) atoms. The maximum atomic E-state index is 13.5. The summed E-state index contributed by atoms with van der Waals surface area (Å²) in [6.07, 6.45) is -4.21. The van der Waals surface area contributed by atoms with Crippen molar-refractivity contribution < 1.29 is 33.6 Å². The molecule has 1 aliphatic rings. The largest absolute Gasteiger partial charge is 0.387 e. The van der Waals surface area contributed by atoms with E-state index in [9.17, 15) is 14.7 Å². The number of Topliss-reactive ketones (excluding diaryl/α,β-unsaturated/α-hetero) is 1. The van der Waals surface area contributed by atoms with Crippen molar-refractivity contribution >= 4 is 11.7 Å². The molecule has 1 amide bonds. The highest BCUT2D eigenvalue weighted by molar-refractivity contribution is 5.88. The standard InChI is InChI=1S/C31H35NO7/c33-27(23-37-20-24-10-4-1-5-11-24)29(38-21-25-12-6-2-7-13-25)28(34)30(31(35)32-16-18-36-19-17-32)39-22-26-14-8-3-9-15-26/h1-15,28-30,34H,16-23H2/t28-,29+,30+/m0/s1. The highest BCUT2D eigenvalue weighted by atomic mass is 16.5. The Kier molecular flexibility index (Phi) is 11.2. The van der Waals surface area contributed by atoms with E-state index in [-0.39, 0.29) is 26.4 Å². The van der Waals surface area contributed by atoms with E-state index in [1.54, 1.807) is 4.90 Å². The van der Waals surface area contributed by atoms with E-state index in [2.05, 4.69) is 0 Å². The van der Waals surface area contributed by atoms with E-state index < -0.39 is 30.0 Å². The van der Waals surface area contributed by atoms with Crippen LogP contribution in [0, 0.1) is 0 Å². The first-order chi connectivity index (χ1) is 19.1. The summed E-state index contributed by atoms with van der Waals surface area (Å²) in [6.45, 7) is 1.64. The zero-order valence-electron chi connectivity index (χ0n) is 21.9. The number of carbonyl (C=O) groups is 2. The van der Waals surface area contributed by atoms with Crippen LogP contribution in [0.15, 0.2) is 91.0 Å². The molecule has 1 N–H and O–H groups in total. The fourth-order valence-electron chi connectivity index (χ4n) is 4.27. The second-order valence-corrected chi connectivity index (χ2v) is 9.31. The third-order valence-electron chi connectivity index (χ3n) is 6.40. The summed E-state index contributed by atoms with van der Waals surface area (Å²) in [6, 6.07) is 28.2. The van der Waals surface area contributed by atoms with Gasteiger partial charge in [0, 0.05) is 13.1 Å². The second-order valence-electron chi connectivity index (χ2n) is 9.31. The second kappa shape index (κ2) is 15.3. The number of rotatable bonds is 14. The molecule has 206 valence electrons. The summed E-state index contributed by atoms with van der Waals surface area (Å²) in [5.74, 6) is -0.884. The van der Waals surface area contributed by atoms with Gasteiger partial charge in [-0.25, -0.2) is 0 Å². The van der Waals surface area contributed by atoms with Gasteiger partial charge in [0.25, 0.3) is 5.91 Å². The lowest BCUT2D eigenvalue weighted by molar-refractivity contribution is -0.173. The lowest BCUT2D eigenvalue weighted by atomic mass is 10.0. The molecule has 1 aliphatic heterocycles. The number of ether oxygens (including phenoxy) is 4. The minimum atomic E-state index is -1.56. The van der Waals surface area contributed by atoms with Crippen molar-refractivity contribution in [3.63, 3.8) is 0 Å². The molecule has 1 saturated heterocycles. The first-order valence-corrected chi connectivity index (χ1v) is 13.1. The lowest BCUT2D eigenvalue weighted by Gasteiger charge is -2.34. The van der Waals surface area contributed by atoms with Gasteiger partial charge in [-0.1, -0.05) is 91.0 Å². The predicted molar refractivity (Wildman–Crippen MR) is 145 cm³/mol. The van der Waals surface area contributed by atoms with Crippen LogP contribution in [0.1, 0.15) is 16.7 Å². The maximum absolute atomic E-state index is 13.5. The Bertz CT molecular complexity index is 1140. The minimum absolute atomic E-state index is 0.0736. The number of aliphatic hydroxyl groups excluding tert-OH is 1. The van der Waals surface area contributed by atoms with Crippen molar-refractivity contribution in [2.24, 2.45) is 0 Å². The normalized spacial score (nSPS) is 15.9. The summed E-state index contributed by atoms with van der Waals surface area (Å²) in [5, 5.41) is 11.5. The van der Waals surface area contributed by atoms with Gasteiger partial charge in [-0.05, 0) is 16.7 Å². The van der Waals surface area contributed by atoms with E-state index in [0.717, 1.165) is 16.7 Å². The van der Waals surface area contributed by atoms with Crippen molar-refractivity contribution in [1.82, 2.24) is 4.90 Å². The van der Waals surface area contributed by atoms with E-state index >= 15 is 0 Å². The number of morpholine rings is 1. The van der Waals surface area contributed by atoms with Crippen molar-refractivity contribution in [2.75, 3.05) is 32.9 Å². The average Bonchev–Trinajstić information content (AvgIpc) is 2.99. The van der Waals surface area contributed by atoms with Crippen LogP contribution in [-0.4, -0.2) is 72.9 Å². The average molecular weight is 534 g/mol. The van der Waals surface area contributed by atoms with Crippen molar-refractivity contribution in [1.29, 1.82) is 0 Å².